The van der Waals surface area contributed by atoms with Crippen LogP contribution in [0.25, 0.3) is 0 Å². The lowest BCUT2D eigenvalue weighted by Crippen LogP contribution is -2.52. The molecule has 1 heterocycles. The van der Waals surface area contributed by atoms with Crippen LogP contribution in [0.1, 0.15) is 5.56 Å². The van der Waals surface area contributed by atoms with Crippen LogP contribution in [0, 0.1) is 6.92 Å². The maximum atomic E-state index is 13.0. The van der Waals surface area contributed by atoms with Gasteiger partial charge >= 0.3 is 0 Å². The van der Waals surface area contributed by atoms with Crippen molar-refractivity contribution in [1.29, 1.82) is 0 Å². The van der Waals surface area contributed by atoms with Crippen molar-refractivity contribution in [2.45, 2.75) is 6.92 Å². The van der Waals surface area contributed by atoms with Crippen molar-refractivity contribution >= 4 is 38.9 Å². The van der Waals surface area contributed by atoms with Gasteiger partial charge in [0.05, 0.1) is 26.2 Å². The molecule has 0 radical (unpaired) electrons. The highest BCUT2D eigenvalue weighted by Gasteiger charge is 2.28. The van der Waals surface area contributed by atoms with Gasteiger partial charge in [-0.25, -0.2) is 8.42 Å². The molecule has 32 heavy (non-hydrogen) atoms. The van der Waals surface area contributed by atoms with Gasteiger partial charge in [0.1, 0.15) is 18.0 Å². The van der Waals surface area contributed by atoms with Crippen molar-refractivity contribution < 1.29 is 22.7 Å². The van der Waals surface area contributed by atoms with Gasteiger partial charge in [-0.2, -0.15) is 0 Å². The Labute approximate surface area is 194 Å². The summed E-state index contributed by atoms with van der Waals surface area (Å²) in [5.41, 5.74) is 2.45. The second kappa shape index (κ2) is 9.87. The van der Waals surface area contributed by atoms with E-state index in [0.717, 1.165) is 21.8 Å². The van der Waals surface area contributed by atoms with E-state index in [9.17, 15) is 13.2 Å². The summed E-state index contributed by atoms with van der Waals surface area (Å²) in [6, 6.07) is 10.5. The second-order valence-corrected chi connectivity index (χ2v) is 9.95. The molecule has 1 amide bonds. The molecule has 0 aromatic heterocycles. The first-order chi connectivity index (χ1) is 15.1. The Morgan fingerprint density at radius 3 is 2.34 bits per heavy atom. The molecule has 1 aliphatic rings. The Bertz CT molecular complexity index is 1080. The van der Waals surface area contributed by atoms with Gasteiger partial charge in [-0.15, -0.1) is 0 Å². The third-order valence-corrected chi connectivity index (χ3v) is 6.84. The van der Waals surface area contributed by atoms with Gasteiger partial charge in [0.15, 0.2) is 0 Å². The summed E-state index contributed by atoms with van der Waals surface area (Å²) in [6.07, 6.45) is 1.07. The van der Waals surface area contributed by atoms with Crippen molar-refractivity contribution in [2.24, 2.45) is 0 Å². The monoisotopic (exact) mass is 481 g/mol. The number of methoxy groups -OCH3 is 2. The van der Waals surface area contributed by atoms with Gasteiger partial charge in [-0.1, -0.05) is 17.7 Å². The van der Waals surface area contributed by atoms with Crippen molar-refractivity contribution in [1.82, 2.24) is 4.90 Å². The molecule has 10 heteroatoms. The van der Waals surface area contributed by atoms with E-state index >= 15 is 0 Å². The highest BCUT2D eigenvalue weighted by atomic mass is 35.5. The van der Waals surface area contributed by atoms with Crippen LogP contribution >= 0.6 is 11.6 Å². The lowest BCUT2D eigenvalue weighted by molar-refractivity contribution is -0.129. The maximum absolute atomic E-state index is 13.0. The van der Waals surface area contributed by atoms with Crippen LogP contribution in [-0.4, -0.2) is 72.4 Å². The van der Waals surface area contributed by atoms with Crippen LogP contribution in [0.3, 0.4) is 0 Å². The largest absolute Gasteiger partial charge is 0.497 e. The van der Waals surface area contributed by atoms with E-state index in [1.54, 1.807) is 23.1 Å². The number of carbonyl (C=O) groups is 1. The summed E-state index contributed by atoms with van der Waals surface area (Å²) < 4.78 is 36.7. The van der Waals surface area contributed by atoms with Crippen LogP contribution in [0.4, 0.5) is 11.4 Å². The molecule has 0 atom stereocenters. The predicted octanol–water partition coefficient (Wildman–Crippen LogP) is 2.78. The predicted molar refractivity (Wildman–Crippen MR) is 127 cm³/mol. The van der Waals surface area contributed by atoms with Gasteiger partial charge in [0.25, 0.3) is 0 Å². The minimum atomic E-state index is -3.73. The molecule has 1 saturated heterocycles. The highest BCUT2D eigenvalue weighted by molar-refractivity contribution is 7.92. The number of sulfonamides is 1. The number of rotatable bonds is 7. The van der Waals surface area contributed by atoms with Crippen molar-refractivity contribution in [2.75, 3.05) is 62.4 Å². The number of nitrogens with zero attached hydrogens (tertiary/aromatic N) is 3. The van der Waals surface area contributed by atoms with Crippen molar-refractivity contribution in [3.05, 3.63) is 47.0 Å². The average molecular weight is 482 g/mol. The lowest BCUT2D eigenvalue weighted by atomic mass is 10.1. The van der Waals surface area contributed by atoms with E-state index in [2.05, 4.69) is 4.90 Å². The quantitative estimate of drug-likeness (QED) is 0.605. The van der Waals surface area contributed by atoms with Crippen LogP contribution in [0.15, 0.2) is 36.4 Å². The van der Waals surface area contributed by atoms with Crippen molar-refractivity contribution in [3.63, 3.8) is 0 Å². The molecular formula is C22H28ClN3O5S. The summed E-state index contributed by atoms with van der Waals surface area (Å²) >= 11 is 6.15. The molecule has 2 aromatic rings. The summed E-state index contributed by atoms with van der Waals surface area (Å²) in [4.78, 5) is 16.9. The zero-order valence-corrected chi connectivity index (χ0v) is 20.2. The second-order valence-electron chi connectivity index (χ2n) is 7.61. The Morgan fingerprint density at radius 1 is 1.06 bits per heavy atom. The number of carbonyl (C=O) groups excluding carboxylic acids is 1. The third kappa shape index (κ3) is 5.39. The number of hydrogen-bond acceptors (Lipinski definition) is 6. The molecule has 1 aliphatic heterocycles. The number of hydrogen-bond donors (Lipinski definition) is 0. The molecule has 0 aliphatic carbocycles. The number of aryl methyl sites for hydroxylation is 1. The smallest absolute Gasteiger partial charge is 0.243 e. The Morgan fingerprint density at radius 2 is 1.75 bits per heavy atom. The number of anilines is 2. The standard InChI is InChI=1S/C22H28ClN3O5S/c1-16-5-6-17(23)13-20(16)24-9-11-25(12-10-24)22(27)15-26(32(4,28)29)19-8-7-18(30-2)14-21(19)31-3/h5-8,13-14H,9-12,15H2,1-4H3. The average Bonchev–Trinajstić information content (AvgIpc) is 2.78. The lowest BCUT2D eigenvalue weighted by Gasteiger charge is -2.37. The number of piperazine rings is 1. The fraction of sp³-hybridized carbons (Fsp3) is 0.409. The normalized spacial score (nSPS) is 14.3. The number of benzene rings is 2. The van der Waals surface area contributed by atoms with E-state index in [0.29, 0.717) is 42.7 Å². The van der Waals surface area contributed by atoms with Crippen molar-refractivity contribution in [3.8, 4) is 11.5 Å². The summed E-state index contributed by atoms with van der Waals surface area (Å²) in [6.45, 7) is 3.96. The number of halogens is 1. The topological polar surface area (TPSA) is 79.4 Å². The Hall–Kier alpha value is -2.65. The molecule has 0 N–H and O–H groups in total. The SMILES string of the molecule is COc1ccc(N(CC(=O)N2CCN(c3cc(Cl)ccc3C)CC2)S(C)(=O)=O)c(OC)c1. The fourth-order valence-corrected chi connectivity index (χ4v) is 4.73. The van der Waals surface area contributed by atoms with E-state index in [1.807, 2.05) is 25.1 Å². The zero-order chi connectivity index (χ0) is 23.5. The highest BCUT2D eigenvalue weighted by Crippen LogP contribution is 2.33. The van der Waals surface area contributed by atoms with Crippen LogP contribution in [0.2, 0.25) is 5.02 Å². The Balaban J connectivity index is 1.74. The molecule has 0 saturated carbocycles. The first kappa shape index (κ1) is 24.0. The van der Waals surface area contributed by atoms with Gasteiger partial charge in [-0.3, -0.25) is 9.10 Å². The molecular weight excluding hydrogens is 454 g/mol. The van der Waals surface area contributed by atoms with Crippen LogP contribution in [-0.2, 0) is 14.8 Å². The number of ether oxygens (including phenoxy) is 2. The molecule has 8 nitrogen and oxygen atoms in total. The van der Waals surface area contributed by atoms with Crippen LogP contribution in [0.5, 0.6) is 11.5 Å². The van der Waals surface area contributed by atoms with Gasteiger partial charge in [0, 0.05) is 43.0 Å². The molecule has 2 aromatic carbocycles. The van der Waals surface area contributed by atoms with Gasteiger partial charge in [0.2, 0.25) is 15.9 Å². The van der Waals surface area contributed by atoms with E-state index in [4.69, 9.17) is 21.1 Å². The summed E-state index contributed by atoms with van der Waals surface area (Å²) in [5, 5.41) is 0.668. The molecule has 3 rings (SSSR count). The summed E-state index contributed by atoms with van der Waals surface area (Å²) in [5.74, 6) is 0.567. The number of amides is 1. The zero-order valence-electron chi connectivity index (χ0n) is 18.7. The van der Waals surface area contributed by atoms with Gasteiger partial charge < -0.3 is 19.3 Å². The summed E-state index contributed by atoms with van der Waals surface area (Å²) in [7, 11) is -0.775. The first-order valence-corrected chi connectivity index (χ1v) is 12.3. The molecule has 0 spiro atoms. The molecule has 0 bridgehead atoms. The molecule has 1 fully saturated rings. The van der Waals surface area contributed by atoms with E-state index < -0.39 is 10.0 Å². The van der Waals surface area contributed by atoms with Gasteiger partial charge in [-0.05, 0) is 36.8 Å². The fourth-order valence-electron chi connectivity index (χ4n) is 3.71. The van der Waals surface area contributed by atoms with Crippen LogP contribution < -0.4 is 18.7 Å². The minimum Gasteiger partial charge on any atom is -0.497 e. The van der Waals surface area contributed by atoms with E-state index in [-0.39, 0.29) is 18.1 Å². The first-order valence-electron chi connectivity index (χ1n) is 10.1. The maximum Gasteiger partial charge on any atom is 0.243 e. The Kier molecular flexibility index (Phi) is 7.40. The molecule has 174 valence electrons. The minimum absolute atomic E-state index is 0.268. The third-order valence-electron chi connectivity index (χ3n) is 5.48. The van der Waals surface area contributed by atoms with E-state index in [1.165, 1.54) is 14.2 Å². The molecule has 0 unspecified atom stereocenters.